The summed E-state index contributed by atoms with van der Waals surface area (Å²) in [6.45, 7) is 9.80. The van der Waals surface area contributed by atoms with Crippen LogP contribution in [0.25, 0.3) is 0 Å². The van der Waals surface area contributed by atoms with Gasteiger partial charge in [0.1, 0.15) is 0 Å². The Morgan fingerprint density at radius 1 is 1.36 bits per heavy atom. The summed E-state index contributed by atoms with van der Waals surface area (Å²) in [6, 6.07) is 0. The topological polar surface area (TPSA) is 28.2 Å². The quantitative estimate of drug-likeness (QED) is 0.796. The van der Waals surface area contributed by atoms with Crippen LogP contribution in [-0.4, -0.2) is 36.1 Å². The van der Waals surface area contributed by atoms with Crippen molar-refractivity contribution in [3.63, 3.8) is 0 Å². The fourth-order valence-electron chi connectivity index (χ4n) is 1.80. The van der Waals surface area contributed by atoms with Crippen molar-refractivity contribution in [1.82, 2.24) is 15.2 Å². The highest BCUT2D eigenvalue weighted by atomic mass is 32.1. The number of nitrogens with zero attached hydrogens (tertiary/aromatic N) is 2. The van der Waals surface area contributed by atoms with E-state index >= 15 is 0 Å². The molecule has 0 aromatic carbocycles. The van der Waals surface area contributed by atoms with Crippen molar-refractivity contribution in [2.75, 3.05) is 26.2 Å². The number of hydrogen-bond donors (Lipinski definition) is 1. The minimum absolute atomic E-state index is 1.03. The summed E-state index contributed by atoms with van der Waals surface area (Å²) in [5.74, 6) is 0. The van der Waals surface area contributed by atoms with Crippen LogP contribution in [-0.2, 0) is 6.54 Å². The maximum atomic E-state index is 4.56. The molecular formula is C10H17N3S. The molecule has 1 fully saturated rings. The van der Waals surface area contributed by atoms with Crippen LogP contribution in [0.3, 0.4) is 0 Å². The largest absolute Gasteiger partial charge is 0.314 e. The first-order valence-corrected chi connectivity index (χ1v) is 5.93. The number of aromatic nitrogens is 1. The number of aryl methyl sites for hydroxylation is 2. The lowest BCUT2D eigenvalue weighted by Gasteiger charge is -2.26. The molecule has 1 aromatic heterocycles. The highest BCUT2D eigenvalue weighted by Gasteiger charge is 2.13. The van der Waals surface area contributed by atoms with E-state index in [1.807, 2.05) is 0 Å². The molecule has 4 heteroatoms. The standard InChI is InChI=1S/C10H17N3S/c1-8-10(12-9(2)14-8)7-13-5-3-11-4-6-13/h11H,3-7H2,1-2H3. The Balaban J connectivity index is 1.98. The van der Waals surface area contributed by atoms with E-state index in [-0.39, 0.29) is 0 Å². The maximum absolute atomic E-state index is 4.56. The smallest absolute Gasteiger partial charge is 0.0900 e. The second-order valence-electron chi connectivity index (χ2n) is 3.76. The average molecular weight is 211 g/mol. The Labute approximate surface area is 89.1 Å². The molecule has 0 radical (unpaired) electrons. The predicted octanol–water partition coefficient (Wildman–Crippen LogP) is 1.17. The summed E-state index contributed by atoms with van der Waals surface area (Å²) in [5.41, 5.74) is 1.27. The van der Waals surface area contributed by atoms with Gasteiger partial charge in [0.2, 0.25) is 0 Å². The van der Waals surface area contributed by atoms with E-state index in [9.17, 15) is 0 Å². The van der Waals surface area contributed by atoms with Crippen LogP contribution in [0.1, 0.15) is 15.6 Å². The van der Waals surface area contributed by atoms with Crippen LogP contribution in [0.5, 0.6) is 0 Å². The first kappa shape index (κ1) is 10.1. The van der Waals surface area contributed by atoms with Crippen LogP contribution in [0.2, 0.25) is 0 Å². The Bertz CT molecular complexity index is 302. The number of nitrogens with one attached hydrogen (secondary N) is 1. The highest BCUT2D eigenvalue weighted by Crippen LogP contribution is 2.17. The molecule has 1 aliphatic rings. The first-order chi connectivity index (χ1) is 6.75. The van der Waals surface area contributed by atoms with Gasteiger partial charge in [0.15, 0.2) is 0 Å². The highest BCUT2D eigenvalue weighted by molar-refractivity contribution is 7.11. The molecule has 2 rings (SSSR count). The Morgan fingerprint density at radius 2 is 2.07 bits per heavy atom. The number of rotatable bonds is 2. The van der Waals surface area contributed by atoms with E-state index < -0.39 is 0 Å². The van der Waals surface area contributed by atoms with Crippen LogP contribution in [0, 0.1) is 13.8 Å². The summed E-state index contributed by atoms with van der Waals surface area (Å²) in [6.07, 6.45) is 0. The molecule has 2 heterocycles. The number of piperazine rings is 1. The molecule has 1 N–H and O–H groups in total. The Hall–Kier alpha value is -0.450. The monoisotopic (exact) mass is 211 g/mol. The molecule has 0 amide bonds. The van der Waals surface area contributed by atoms with Gasteiger partial charge in [-0.2, -0.15) is 0 Å². The Morgan fingerprint density at radius 3 is 2.64 bits per heavy atom. The second-order valence-corrected chi connectivity index (χ2v) is 5.17. The number of hydrogen-bond acceptors (Lipinski definition) is 4. The zero-order valence-corrected chi connectivity index (χ0v) is 9.65. The molecule has 3 nitrogen and oxygen atoms in total. The average Bonchev–Trinajstić information content (AvgIpc) is 2.47. The second kappa shape index (κ2) is 4.38. The van der Waals surface area contributed by atoms with Crippen molar-refractivity contribution in [3.8, 4) is 0 Å². The molecule has 1 saturated heterocycles. The van der Waals surface area contributed by atoms with E-state index in [4.69, 9.17) is 0 Å². The van der Waals surface area contributed by atoms with E-state index in [1.165, 1.54) is 15.6 Å². The Kier molecular flexibility index (Phi) is 3.15. The summed E-state index contributed by atoms with van der Waals surface area (Å²) in [5, 5.41) is 4.55. The van der Waals surface area contributed by atoms with Crippen LogP contribution in [0.4, 0.5) is 0 Å². The van der Waals surface area contributed by atoms with Gasteiger partial charge in [-0.3, -0.25) is 4.90 Å². The zero-order valence-electron chi connectivity index (χ0n) is 8.84. The van der Waals surface area contributed by atoms with Crippen molar-refractivity contribution >= 4 is 11.3 Å². The van der Waals surface area contributed by atoms with Gasteiger partial charge in [0.25, 0.3) is 0 Å². The van der Waals surface area contributed by atoms with Crippen molar-refractivity contribution in [1.29, 1.82) is 0 Å². The summed E-state index contributed by atoms with van der Waals surface area (Å²) >= 11 is 1.80. The van der Waals surface area contributed by atoms with Crippen molar-refractivity contribution in [3.05, 3.63) is 15.6 Å². The molecule has 0 saturated carbocycles. The summed E-state index contributed by atoms with van der Waals surface area (Å²) in [7, 11) is 0. The van der Waals surface area contributed by atoms with E-state index in [0.717, 1.165) is 32.7 Å². The predicted molar refractivity (Wildman–Crippen MR) is 59.7 cm³/mol. The molecular weight excluding hydrogens is 194 g/mol. The van der Waals surface area contributed by atoms with Gasteiger partial charge in [-0.15, -0.1) is 11.3 Å². The third-order valence-corrected chi connectivity index (χ3v) is 3.51. The summed E-state index contributed by atoms with van der Waals surface area (Å²) < 4.78 is 0. The fourth-order valence-corrected chi connectivity index (χ4v) is 2.63. The molecule has 14 heavy (non-hydrogen) atoms. The van der Waals surface area contributed by atoms with Gasteiger partial charge in [-0.25, -0.2) is 4.98 Å². The van der Waals surface area contributed by atoms with Crippen LogP contribution in [0.15, 0.2) is 0 Å². The minimum Gasteiger partial charge on any atom is -0.314 e. The normalized spacial score (nSPS) is 18.7. The lowest BCUT2D eigenvalue weighted by Crippen LogP contribution is -2.43. The molecule has 0 aliphatic carbocycles. The molecule has 0 spiro atoms. The zero-order chi connectivity index (χ0) is 9.97. The van der Waals surface area contributed by atoms with Crippen molar-refractivity contribution in [2.24, 2.45) is 0 Å². The lowest BCUT2D eigenvalue weighted by molar-refractivity contribution is 0.230. The van der Waals surface area contributed by atoms with Crippen molar-refractivity contribution < 1.29 is 0 Å². The molecule has 1 aromatic rings. The van der Waals surface area contributed by atoms with E-state index in [1.54, 1.807) is 11.3 Å². The van der Waals surface area contributed by atoms with Gasteiger partial charge in [0.05, 0.1) is 10.7 Å². The third-order valence-electron chi connectivity index (χ3n) is 2.58. The third kappa shape index (κ3) is 2.32. The molecule has 0 unspecified atom stereocenters. The fraction of sp³-hybridized carbons (Fsp3) is 0.700. The van der Waals surface area contributed by atoms with Gasteiger partial charge in [0, 0.05) is 37.6 Å². The van der Waals surface area contributed by atoms with Crippen LogP contribution >= 0.6 is 11.3 Å². The van der Waals surface area contributed by atoms with Crippen molar-refractivity contribution in [2.45, 2.75) is 20.4 Å². The minimum atomic E-state index is 1.03. The molecule has 78 valence electrons. The van der Waals surface area contributed by atoms with Gasteiger partial charge in [-0.1, -0.05) is 0 Å². The van der Waals surface area contributed by atoms with Gasteiger partial charge < -0.3 is 5.32 Å². The first-order valence-electron chi connectivity index (χ1n) is 5.11. The summed E-state index contributed by atoms with van der Waals surface area (Å²) in [4.78, 5) is 8.41. The molecule has 0 bridgehead atoms. The maximum Gasteiger partial charge on any atom is 0.0900 e. The van der Waals surface area contributed by atoms with Crippen LogP contribution < -0.4 is 5.32 Å². The SMILES string of the molecule is Cc1nc(CN2CCNCC2)c(C)s1. The number of thiazole rings is 1. The van der Waals surface area contributed by atoms with E-state index in [0.29, 0.717) is 0 Å². The van der Waals surface area contributed by atoms with Gasteiger partial charge in [-0.05, 0) is 13.8 Å². The van der Waals surface area contributed by atoms with E-state index in [2.05, 4.69) is 29.0 Å². The van der Waals surface area contributed by atoms with Gasteiger partial charge >= 0.3 is 0 Å². The molecule has 0 atom stereocenters. The lowest BCUT2D eigenvalue weighted by atomic mass is 10.3. The molecule has 1 aliphatic heterocycles.